The molecule has 19 heavy (non-hydrogen) atoms. The van der Waals surface area contributed by atoms with Gasteiger partial charge in [-0.25, -0.2) is 0 Å². The van der Waals surface area contributed by atoms with Crippen molar-refractivity contribution in [3.8, 4) is 5.75 Å². The van der Waals surface area contributed by atoms with Crippen LogP contribution in [-0.4, -0.2) is 16.0 Å². The average Bonchev–Trinajstić information content (AvgIpc) is 2.46. The SMILES string of the molecule is NC(=NO)c1cccc(OCc2ccncc2Cl)c1. The van der Waals surface area contributed by atoms with Gasteiger partial charge in [-0.1, -0.05) is 28.9 Å². The molecule has 0 spiro atoms. The first-order valence-electron chi connectivity index (χ1n) is 5.50. The van der Waals surface area contributed by atoms with Crippen molar-refractivity contribution in [3.63, 3.8) is 0 Å². The molecule has 2 rings (SSSR count). The molecule has 1 aromatic carbocycles. The van der Waals surface area contributed by atoms with Crippen molar-refractivity contribution in [1.82, 2.24) is 4.98 Å². The molecule has 0 saturated heterocycles. The van der Waals surface area contributed by atoms with Gasteiger partial charge in [0, 0.05) is 23.5 Å². The summed E-state index contributed by atoms with van der Waals surface area (Å²) in [5.41, 5.74) is 6.93. The van der Waals surface area contributed by atoms with Gasteiger partial charge in [-0.15, -0.1) is 0 Å². The highest BCUT2D eigenvalue weighted by atomic mass is 35.5. The Morgan fingerprint density at radius 1 is 1.42 bits per heavy atom. The summed E-state index contributed by atoms with van der Waals surface area (Å²) in [4.78, 5) is 3.90. The Balaban J connectivity index is 2.10. The molecule has 0 unspecified atom stereocenters. The van der Waals surface area contributed by atoms with Crippen molar-refractivity contribution in [2.24, 2.45) is 10.9 Å². The van der Waals surface area contributed by atoms with E-state index in [0.29, 0.717) is 22.9 Å². The molecule has 2 aromatic rings. The lowest BCUT2D eigenvalue weighted by molar-refractivity contribution is 0.306. The number of pyridine rings is 1. The summed E-state index contributed by atoms with van der Waals surface area (Å²) in [6.07, 6.45) is 3.21. The van der Waals surface area contributed by atoms with Gasteiger partial charge in [-0.05, 0) is 18.2 Å². The normalized spacial score (nSPS) is 11.3. The van der Waals surface area contributed by atoms with Crippen LogP contribution in [-0.2, 0) is 6.61 Å². The van der Waals surface area contributed by atoms with Crippen LogP contribution in [0.25, 0.3) is 0 Å². The number of rotatable bonds is 4. The summed E-state index contributed by atoms with van der Waals surface area (Å²) in [6.45, 7) is 0.320. The Morgan fingerprint density at radius 3 is 3.00 bits per heavy atom. The molecule has 0 fully saturated rings. The number of oxime groups is 1. The Kier molecular flexibility index (Phi) is 4.20. The molecular formula is C13H12ClN3O2. The Bertz CT molecular complexity index is 602. The first-order chi connectivity index (χ1) is 9.20. The van der Waals surface area contributed by atoms with Crippen molar-refractivity contribution in [3.05, 3.63) is 58.9 Å². The summed E-state index contributed by atoms with van der Waals surface area (Å²) in [7, 11) is 0. The third-order valence-electron chi connectivity index (χ3n) is 2.49. The van der Waals surface area contributed by atoms with Gasteiger partial charge in [0.15, 0.2) is 5.84 Å². The van der Waals surface area contributed by atoms with E-state index in [0.717, 1.165) is 5.56 Å². The van der Waals surface area contributed by atoms with Crippen molar-refractivity contribution in [1.29, 1.82) is 0 Å². The zero-order valence-electron chi connectivity index (χ0n) is 9.95. The first-order valence-corrected chi connectivity index (χ1v) is 5.87. The van der Waals surface area contributed by atoms with Crippen LogP contribution in [0.3, 0.4) is 0 Å². The zero-order chi connectivity index (χ0) is 13.7. The van der Waals surface area contributed by atoms with Crippen LogP contribution in [0.2, 0.25) is 5.02 Å². The predicted molar refractivity (Wildman–Crippen MR) is 72.5 cm³/mol. The topological polar surface area (TPSA) is 80.7 Å². The molecule has 0 amide bonds. The molecule has 0 aliphatic rings. The summed E-state index contributed by atoms with van der Waals surface area (Å²) in [5, 5.41) is 12.1. The fourth-order valence-electron chi connectivity index (χ4n) is 1.49. The van der Waals surface area contributed by atoms with Crippen molar-refractivity contribution in [2.75, 3.05) is 0 Å². The van der Waals surface area contributed by atoms with Gasteiger partial charge in [-0.3, -0.25) is 4.98 Å². The molecule has 3 N–H and O–H groups in total. The van der Waals surface area contributed by atoms with E-state index in [4.69, 9.17) is 27.3 Å². The Hall–Kier alpha value is -2.27. The smallest absolute Gasteiger partial charge is 0.170 e. The Morgan fingerprint density at radius 2 is 2.26 bits per heavy atom. The van der Waals surface area contributed by atoms with Crippen molar-refractivity contribution < 1.29 is 9.94 Å². The largest absolute Gasteiger partial charge is 0.489 e. The third kappa shape index (κ3) is 3.35. The van der Waals surface area contributed by atoms with E-state index < -0.39 is 0 Å². The third-order valence-corrected chi connectivity index (χ3v) is 2.83. The second-order valence-electron chi connectivity index (χ2n) is 3.77. The molecule has 0 radical (unpaired) electrons. The van der Waals surface area contributed by atoms with E-state index in [2.05, 4.69) is 10.1 Å². The van der Waals surface area contributed by atoms with E-state index in [-0.39, 0.29) is 5.84 Å². The molecule has 0 aliphatic carbocycles. The molecule has 0 atom stereocenters. The molecule has 98 valence electrons. The fourth-order valence-corrected chi connectivity index (χ4v) is 1.66. The minimum Gasteiger partial charge on any atom is -0.489 e. The standard InChI is InChI=1S/C13H12ClN3O2/c14-12-7-16-5-4-10(12)8-19-11-3-1-2-9(6-11)13(15)17-18/h1-7,18H,8H2,(H2,15,17). The minimum absolute atomic E-state index is 0.0346. The number of halogens is 1. The molecule has 0 bridgehead atoms. The van der Waals surface area contributed by atoms with Crippen LogP contribution >= 0.6 is 11.6 Å². The van der Waals surface area contributed by atoms with Gasteiger partial charge in [-0.2, -0.15) is 0 Å². The molecule has 6 heteroatoms. The molecule has 0 saturated carbocycles. The van der Waals surface area contributed by atoms with Crippen LogP contribution < -0.4 is 10.5 Å². The number of aromatic nitrogens is 1. The highest BCUT2D eigenvalue weighted by Gasteiger charge is 2.03. The second kappa shape index (κ2) is 6.06. The maximum absolute atomic E-state index is 8.62. The van der Waals surface area contributed by atoms with E-state index in [1.165, 1.54) is 0 Å². The highest BCUT2D eigenvalue weighted by molar-refractivity contribution is 6.31. The van der Waals surface area contributed by atoms with Gasteiger partial charge >= 0.3 is 0 Å². The quantitative estimate of drug-likeness (QED) is 0.389. The van der Waals surface area contributed by atoms with Crippen LogP contribution in [0.5, 0.6) is 5.75 Å². The van der Waals surface area contributed by atoms with Gasteiger partial charge in [0.1, 0.15) is 12.4 Å². The number of nitrogens with zero attached hydrogens (tertiary/aromatic N) is 2. The predicted octanol–water partition coefficient (Wildman–Crippen LogP) is 2.41. The lowest BCUT2D eigenvalue weighted by Crippen LogP contribution is -2.12. The molecule has 1 heterocycles. The van der Waals surface area contributed by atoms with E-state index in [1.807, 2.05) is 0 Å². The average molecular weight is 278 g/mol. The fraction of sp³-hybridized carbons (Fsp3) is 0.0769. The van der Waals surface area contributed by atoms with Crippen LogP contribution in [0.4, 0.5) is 0 Å². The van der Waals surface area contributed by atoms with Gasteiger partial charge in [0.05, 0.1) is 5.02 Å². The molecule has 1 aromatic heterocycles. The van der Waals surface area contributed by atoms with Crippen molar-refractivity contribution in [2.45, 2.75) is 6.61 Å². The lowest BCUT2D eigenvalue weighted by atomic mass is 10.2. The number of hydrogen-bond donors (Lipinski definition) is 2. The minimum atomic E-state index is 0.0346. The number of nitrogens with two attached hydrogens (primary N) is 1. The zero-order valence-corrected chi connectivity index (χ0v) is 10.7. The second-order valence-corrected chi connectivity index (χ2v) is 4.18. The van der Waals surface area contributed by atoms with Gasteiger partial charge in [0.25, 0.3) is 0 Å². The summed E-state index contributed by atoms with van der Waals surface area (Å²) in [5.74, 6) is 0.643. The molecule has 5 nitrogen and oxygen atoms in total. The summed E-state index contributed by atoms with van der Waals surface area (Å²) >= 11 is 5.98. The number of hydrogen-bond acceptors (Lipinski definition) is 4. The number of benzene rings is 1. The highest BCUT2D eigenvalue weighted by Crippen LogP contribution is 2.18. The van der Waals surface area contributed by atoms with E-state index in [1.54, 1.807) is 42.7 Å². The molecular weight excluding hydrogens is 266 g/mol. The van der Waals surface area contributed by atoms with Crippen molar-refractivity contribution >= 4 is 17.4 Å². The van der Waals surface area contributed by atoms with E-state index >= 15 is 0 Å². The summed E-state index contributed by atoms with van der Waals surface area (Å²) < 4.78 is 5.60. The maximum atomic E-state index is 8.62. The van der Waals surface area contributed by atoms with Gasteiger partial charge in [0.2, 0.25) is 0 Å². The van der Waals surface area contributed by atoms with Crippen LogP contribution in [0.15, 0.2) is 47.9 Å². The first kappa shape index (κ1) is 13.2. The lowest BCUT2D eigenvalue weighted by Gasteiger charge is -2.08. The Labute approximate surface area is 115 Å². The number of amidine groups is 1. The monoisotopic (exact) mass is 277 g/mol. The van der Waals surface area contributed by atoms with Crippen LogP contribution in [0.1, 0.15) is 11.1 Å². The number of ether oxygens (including phenoxy) is 1. The molecule has 0 aliphatic heterocycles. The maximum Gasteiger partial charge on any atom is 0.170 e. The van der Waals surface area contributed by atoms with E-state index in [9.17, 15) is 0 Å². The van der Waals surface area contributed by atoms with Crippen LogP contribution in [0, 0.1) is 0 Å². The van der Waals surface area contributed by atoms with Gasteiger partial charge < -0.3 is 15.7 Å². The summed E-state index contributed by atoms with van der Waals surface area (Å²) in [6, 6.07) is 8.74.